The van der Waals surface area contributed by atoms with Crippen molar-refractivity contribution in [2.75, 3.05) is 26.2 Å². The van der Waals surface area contributed by atoms with E-state index in [2.05, 4.69) is 41.4 Å². The SMILES string of the molecule is CC[C@H](C)n1cc(C(=O)NC2CCN(Cc3ccccc3)CC2)c(=O)c(C(=O)N2CCCCCC2)c1. The summed E-state index contributed by atoms with van der Waals surface area (Å²) in [6.07, 6.45) is 9.91. The Hall–Kier alpha value is -2.93. The van der Waals surface area contributed by atoms with Gasteiger partial charge >= 0.3 is 0 Å². The predicted octanol–water partition coefficient (Wildman–Crippen LogP) is 4.23. The first-order chi connectivity index (χ1) is 17.5. The summed E-state index contributed by atoms with van der Waals surface area (Å²) in [6, 6.07) is 10.5. The van der Waals surface area contributed by atoms with Gasteiger partial charge in [0.05, 0.1) is 0 Å². The summed E-state index contributed by atoms with van der Waals surface area (Å²) in [5.41, 5.74) is 1.02. The third-order valence-corrected chi connectivity index (χ3v) is 7.69. The number of hydrogen-bond acceptors (Lipinski definition) is 4. The average Bonchev–Trinajstić information content (AvgIpc) is 3.19. The van der Waals surface area contributed by atoms with Crippen LogP contribution in [0.1, 0.15) is 91.1 Å². The van der Waals surface area contributed by atoms with Crippen LogP contribution in [0, 0.1) is 0 Å². The molecule has 2 amide bonds. The second-order valence-corrected chi connectivity index (χ2v) is 10.3. The molecule has 0 saturated carbocycles. The van der Waals surface area contributed by atoms with Gasteiger partial charge in [-0.2, -0.15) is 0 Å². The van der Waals surface area contributed by atoms with Crippen molar-refractivity contribution in [3.63, 3.8) is 0 Å². The maximum Gasteiger partial charge on any atom is 0.259 e. The fourth-order valence-corrected chi connectivity index (χ4v) is 5.16. The molecule has 1 N–H and O–H groups in total. The predicted molar refractivity (Wildman–Crippen MR) is 142 cm³/mol. The number of nitrogens with zero attached hydrogens (tertiary/aromatic N) is 3. The van der Waals surface area contributed by atoms with E-state index < -0.39 is 5.43 Å². The van der Waals surface area contributed by atoms with E-state index in [4.69, 9.17) is 0 Å². The Kier molecular flexibility index (Phi) is 8.97. The smallest absolute Gasteiger partial charge is 0.259 e. The van der Waals surface area contributed by atoms with Crippen molar-refractivity contribution in [1.82, 2.24) is 19.7 Å². The van der Waals surface area contributed by atoms with Crippen LogP contribution in [0.2, 0.25) is 0 Å². The molecule has 2 aromatic rings. The Balaban J connectivity index is 1.47. The zero-order valence-corrected chi connectivity index (χ0v) is 21.7. The average molecular weight is 493 g/mol. The third kappa shape index (κ3) is 6.44. The molecule has 0 aliphatic carbocycles. The molecule has 4 rings (SSSR count). The van der Waals surface area contributed by atoms with Crippen molar-refractivity contribution in [3.8, 4) is 0 Å². The molecular weight excluding hydrogens is 452 g/mol. The molecular formula is C29H40N4O3. The van der Waals surface area contributed by atoms with Gasteiger partial charge in [-0.1, -0.05) is 50.1 Å². The van der Waals surface area contributed by atoms with Crippen molar-refractivity contribution < 1.29 is 9.59 Å². The third-order valence-electron chi connectivity index (χ3n) is 7.69. The quantitative estimate of drug-likeness (QED) is 0.628. The van der Waals surface area contributed by atoms with E-state index in [0.29, 0.717) is 13.1 Å². The van der Waals surface area contributed by atoms with Gasteiger partial charge < -0.3 is 14.8 Å². The molecule has 1 aromatic heterocycles. The fourth-order valence-electron chi connectivity index (χ4n) is 5.16. The van der Waals surface area contributed by atoms with Crippen molar-refractivity contribution >= 4 is 11.8 Å². The van der Waals surface area contributed by atoms with E-state index in [1.54, 1.807) is 17.3 Å². The second kappa shape index (κ2) is 12.3. The van der Waals surface area contributed by atoms with Crippen LogP contribution in [0.4, 0.5) is 0 Å². The second-order valence-electron chi connectivity index (χ2n) is 10.3. The Morgan fingerprint density at radius 3 is 2.22 bits per heavy atom. The number of nitrogens with one attached hydrogen (secondary N) is 1. The topological polar surface area (TPSA) is 74.6 Å². The molecule has 1 atom stereocenters. The lowest BCUT2D eigenvalue weighted by Crippen LogP contribution is -2.46. The zero-order valence-electron chi connectivity index (χ0n) is 21.7. The highest BCUT2D eigenvalue weighted by atomic mass is 16.2. The van der Waals surface area contributed by atoms with Crippen molar-refractivity contribution in [2.24, 2.45) is 0 Å². The number of carbonyl (C=O) groups excluding carboxylic acids is 2. The number of aromatic nitrogens is 1. The van der Waals surface area contributed by atoms with E-state index in [1.165, 1.54) is 5.56 Å². The molecule has 36 heavy (non-hydrogen) atoms. The molecule has 0 radical (unpaired) electrons. The summed E-state index contributed by atoms with van der Waals surface area (Å²) >= 11 is 0. The lowest BCUT2D eigenvalue weighted by molar-refractivity contribution is 0.0759. The van der Waals surface area contributed by atoms with Crippen LogP contribution in [0.5, 0.6) is 0 Å². The van der Waals surface area contributed by atoms with Crippen LogP contribution in [0.15, 0.2) is 47.5 Å². The molecule has 2 aliphatic rings. The first kappa shape index (κ1) is 26.1. The summed E-state index contributed by atoms with van der Waals surface area (Å²) in [4.78, 5) is 44.3. The Morgan fingerprint density at radius 1 is 0.944 bits per heavy atom. The zero-order chi connectivity index (χ0) is 25.5. The molecule has 2 saturated heterocycles. The summed E-state index contributed by atoms with van der Waals surface area (Å²) in [7, 11) is 0. The minimum absolute atomic E-state index is 0.0194. The van der Waals surface area contributed by atoms with Crippen LogP contribution >= 0.6 is 0 Å². The Morgan fingerprint density at radius 2 is 1.58 bits per heavy atom. The van der Waals surface area contributed by atoms with E-state index >= 15 is 0 Å². The van der Waals surface area contributed by atoms with E-state index in [-0.39, 0.29) is 35.0 Å². The molecule has 7 nitrogen and oxygen atoms in total. The number of piperidine rings is 1. The number of amides is 2. The monoisotopic (exact) mass is 492 g/mol. The van der Waals surface area contributed by atoms with Crippen LogP contribution in [-0.4, -0.2) is 58.4 Å². The molecule has 3 heterocycles. The minimum atomic E-state index is -0.456. The van der Waals surface area contributed by atoms with Gasteiger partial charge in [0.25, 0.3) is 11.8 Å². The minimum Gasteiger partial charge on any atom is -0.350 e. The normalized spacial score (nSPS) is 18.4. The van der Waals surface area contributed by atoms with Crippen molar-refractivity contribution in [3.05, 3.63) is 69.6 Å². The first-order valence-electron chi connectivity index (χ1n) is 13.6. The maximum atomic E-state index is 13.4. The molecule has 2 aliphatic heterocycles. The van der Waals surface area contributed by atoms with Gasteiger partial charge in [-0.15, -0.1) is 0 Å². The first-order valence-corrected chi connectivity index (χ1v) is 13.6. The van der Waals surface area contributed by atoms with Crippen molar-refractivity contribution in [2.45, 2.75) is 77.4 Å². The number of pyridine rings is 1. The summed E-state index contributed by atoms with van der Waals surface area (Å²) < 4.78 is 1.86. The van der Waals surface area contributed by atoms with Crippen LogP contribution in [-0.2, 0) is 6.54 Å². The van der Waals surface area contributed by atoms with Crippen molar-refractivity contribution in [1.29, 1.82) is 0 Å². The maximum absolute atomic E-state index is 13.4. The summed E-state index contributed by atoms with van der Waals surface area (Å²) in [5, 5.41) is 3.10. The van der Waals surface area contributed by atoms with Crippen LogP contribution in [0.25, 0.3) is 0 Å². The van der Waals surface area contributed by atoms with E-state index in [1.807, 2.05) is 17.6 Å². The molecule has 0 unspecified atom stereocenters. The number of benzene rings is 1. The number of likely N-dealkylation sites (tertiary alicyclic amines) is 2. The number of hydrogen-bond donors (Lipinski definition) is 1. The summed E-state index contributed by atoms with van der Waals surface area (Å²) in [6.45, 7) is 8.12. The molecule has 1 aromatic carbocycles. The van der Waals surface area contributed by atoms with E-state index in [0.717, 1.165) is 64.6 Å². The van der Waals surface area contributed by atoms with Gasteiger partial charge in [-0.05, 0) is 44.6 Å². The highest BCUT2D eigenvalue weighted by molar-refractivity contribution is 5.99. The molecule has 0 bridgehead atoms. The Bertz CT molecular complexity index is 1080. The van der Waals surface area contributed by atoms with Gasteiger partial charge in [-0.25, -0.2) is 0 Å². The van der Waals surface area contributed by atoms with E-state index in [9.17, 15) is 14.4 Å². The molecule has 2 fully saturated rings. The fraction of sp³-hybridized carbons (Fsp3) is 0.552. The highest BCUT2D eigenvalue weighted by Crippen LogP contribution is 2.17. The molecule has 194 valence electrons. The molecule has 0 spiro atoms. The van der Waals surface area contributed by atoms with Gasteiger partial charge in [0.2, 0.25) is 5.43 Å². The highest BCUT2D eigenvalue weighted by Gasteiger charge is 2.27. The largest absolute Gasteiger partial charge is 0.350 e. The van der Waals surface area contributed by atoms with Crippen LogP contribution < -0.4 is 10.7 Å². The standard InChI is InChI=1S/C29H40N4O3/c1-3-22(2)33-20-25(27(34)26(21-33)29(36)32-15-9-4-5-10-16-32)28(35)30-24-13-17-31(18-14-24)19-23-11-7-6-8-12-23/h6-8,11-12,20-22,24H,3-5,9-10,13-19H2,1-2H3,(H,30,35)/t22-/m0/s1. The van der Waals surface area contributed by atoms with Gasteiger partial charge in [0, 0.05) is 57.2 Å². The summed E-state index contributed by atoms with van der Waals surface area (Å²) in [5.74, 6) is -0.619. The lowest BCUT2D eigenvalue weighted by atomic mass is 10.0. The van der Waals surface area contributed by atoms with Gasteiger partial charge in [0.1, 0.15) is 11.1 Å². The van der Waals surface area contributed by atoms with Crippen LogP contribution in [0.3, 0.4) is 0 Å². The molecule has 7 heteroatoms. The number of carbonyl (C=O) groups is 2. The lowest BCUT2D eigenvalue weighted by Gasteiger charge is -2.32. The van der Waals surface area contributed by atoms with Gasteiger partial charge in [-0.3, -0.25) is 19.3 Å². The number of rotatable bonds is 7. The van der Waals surface area contributed by atoms with Gasteiger partial charge in [0.15, 0.2) is 0 Å². The Labute approximate surface area is 214 Å².